The standard InChI is InChI=1S/C15H15NO4/c1-11-6-12(4-2-3-5-17)8-13(7-11)16-14(18)9-20-10-15(16)19/h6-8,17H,3,5,9-10H2,1H3. The van der Waals surface area contributed by atoms with Crippen molar-refractivity contribution in [2.45, 2.75) is 13.3 Å². The van der Waals surface area contributed by atoms with Gasteiger partial charge in [0.05, 0.1) is 12.3 Å². The summed E-state index contributed by atoms with van der Waals surface area (Å²) >= 11 is 0. The van der Waals surface area contributed by atoms with E-state index >= 15 is 0 Å². The Balaban J connectivity index is 2.34. The Hall–Kier alpha value is -2.16. The highest BCUT2D eigenvalue weighted by molar-refractivity contribution is 6.17. The molecule has 5 heteroatoms. The van der Waals surface area contributed by atoms with Crippen LogP contribution in [0.15, 0.2) is 18.2 Å². The number of ether oxygens (including phenoxy) is 1. The summed E-state index contributed by atoms with van der Waals surface area (Å²) in [7, 11) is 0. The van der Waals surface area contributed by atoms with E-state index in [0.29, 0.717) is 17.7 Å². The highest BCUT2D eigenvalue weighted by Crippen LogP contribution is 2.21. The van der Waals surface area contributed by atoms with Crippen molar-refractivity contribution in [2.24, 2.45) is 0 Å². The summed E-state index contributed by atoms with van der Waals surface area (Å²) in [4.78, 5) is 24.7. The SMILES string of the molecule is Cc1cc(C#CCCO)cc(N2C(=O)COCC2=O)c1. The van der Waals surface area contributed by atoms with Crippen LogP contribution in [0.25, 0.3) is 0 Å². The molecule has 0 bridgehead atoms. The van der Waals surface area contributed by atoms with Crippen LogP contribution in [0, 0.1) is 18.8 Å². The van der Waals surface area contributed by atoms with Gasteiger partial charge in [0.1, 0.15) is 13.2 Å². The van der Waals surface area contributed by atoms with E-state index in [-0.39, 0.29) is 31.6 Å². The van der Waals surface area contributed by atoms with E-state index in [4.69, 9.17) is 9.84 Å². The van der Waals surface area contributed by atoms with Gasteiger partial charge in [-0.15, -0.1) is 0 Å². The number of morpholine rings is 1. The summed E-state index contributed by atoms with van der Waals surface area (Å²) in [6.07, 6.45) is 0.388. The van der Waals surface area contributed by atoms with Crippen molar-refractivity contribution in [3.63, 3.8) is 0 Å². The van der Waals surface area contributed by atoms with Crippen LogP contribution in [0.2, 0.25) is 0 Å². The summed E-state index contributed by atoms with van der Waals surface area (Å²) in [5.74, 6) is 4.98. The molecule has 1 fully saturated rings. The van der Waals surface area contributed by atoms with Gasteiger partial charge >= 0.3 is 0 Å². The number of imide groups is 1. The molecule has 0 unspecified atom stereocenters. The van der Waals surface area contributed by atoms with Gasteiger partial charge in [-0.3, -0.25) is 9.59 Å². The number of aryl methyl sites for hydroxylation is 1. The molecule has 1 aliphatic rings. The van der Waals surface area contributed by atoms with Crippen molar-refractivity contribution in [3.8, 4) is 11.8 Å². The number of rotatable bonds is 2. The lowest BCUT2D eigenvalue weighted by Crippen LogP contribution is -2.46. The minimum absolute atomic E-state index is 0.00606. The molecule has 1 heterocycles. The van der Waals surface area contributed by atoms with Gasteiger partial charge in [-0.2, -0.15) is 0 Å². The molecule has 1 aromatic carbocycles. The largest absolute Gasteiger partial charge is 0.395 e. The number of amides is 2. The molecule has 0 aliphatic carbocycles. The lowest BCUT2D eigenvalue weighted by molar-refractivity contribution is -0.138. The van der Waals surface area contributed by atoms with Crippen LogP contribution in [-0.2, 0) is 14.3 Å². The second-order valence-electron chi connectivity index (χ2n) is 4.45. The second-order valence-corrected chi connectivity index (χ2v) is 4.45. The maximum Gasteiger partial charge on any atom is 0.259 e. The van der Waals surface area contributed by atoms with Gasteiger partial charge in [0.2, 0.25) is 0 Å². The molecule has 5 nitrogen and oxygen atoms in total. The van der Waals surface area contributed by atoms with Gasteiger partial charge in [0.15, 0.2) is 0 Å². The highest BCUT2D eigenvalue weighted by Gasteiger charge is 2.28. The molecule has 1 aliphatic heterocycles. The van der Waals surface area contributed by atoms with Gasteiger partial charge in [-0.1, -0.05) is 11.8 Å². The van der Waals surface area contributed by atoms with Crippen LogP contribution in [0.3, 0.4) is 0 Å². The lowest BCUT2D eigenvalue weighted by atomic mass is 10.1. The van der Waals surface area contributed by atoms with Gasteiger partial charge in [-0.05, 0) is 30.7 Å². The van der Waals surface area contributed by atoms with Crippen LogP contribution in [0.5, 0.6) is 0 Å². The summed E-state index contributed by atoms with van der Waals surface area (Å²) < 4.78 is 4.89. The van der Waals surface area contributed by atoms with E-state index in [1.54, 1.807) is 12.1 Å². The average molecular weight is 273 g/mol. The Morgan fingerprint density at radius 3 is 2.60 bits per heavy atom. The Bertz CT molecular complexity index is 582. The fourth-order valence-electron chi connectivity index (χ4n) is 1.97. The number of benzene rings is 1. The number of hydrogen-bond donors (Lipinski definition) is 1. The van der Waals surface area contributed by atoms with Crippen molar-refractivity contribution >= 4 is 17.5 Å². The molecule has 1 saturated heterocycles. The zero-order valence-corrected chi connectivity index (χ0v) is 11.2. The van der Waals surface area contributed by atoms with Crippen molar-refractivity contribution in [3.05, 3.63) is 29.3 Å². The number of aliphatic hydroxyl groups is 1. The Kier molecular flexibility index (Phi) is 4.51. The lowest BCUT2D eigenvalue weighted by Gasteiger charge is -2.25. The van der Waals surface area contributed by atoms with E-state index < -0.39 is 0 Å². The monoisotopic (exact) mass is 273 g/mol. The molecular formula is C15H15NO4. The summed E-state index contributed by atoms with van der Waals surface area (Å²) in [5.41, 5.74) is 2.13. The van der Waals surface area contributed by atoms with Crippen molar-refractivity contribution in [2.75, 3.05) is 24.7 Å². The van der Waals surface area contributed by atoms with Gasteiger partial charge in [0, 0.05) is 12.0 Å². The molecule has 0 radical (unpaired) electrons. The van der Waals surface area contributed by atoms with Gasteiger partial charge in [-0.25, -0.2) is 4.90 Å². The third kappa shape index (κ3) is 3.23. The predicted molar refractivity (Wildman–Crippen MR) is 73.1 cm³/mol. The first-order valence-corrected chi connectivity index (χ1v) is 6.27. The third-order valence-corrected chi connectivity index (χ3v) is 2.74. The Morgan fingerprint density at radius 2 is 1.95 bits per heavy atom. The Labute approximate surface area is 117 Å². The van der Waals surface area contributed by atoms with Crippen LogP contribution in [0.1, 0.15) is 17.5 Å². The number of nitrogens with zero attached hydrogens (tertiary/aromatic N) is 1. The van der Waals surface area contributed by atoms with E-state index in [1.807, 2.05) is 13.0 Å². The quantitative estimate of drug-likeness (QED) is 0.633. The zero-order valence-electron chi connectivity index (χ0n) is 11.2. The summed E-state index contributed by atoms with van der Waals surface area (Å²) in [6, 6.07) is 5.32. The van der Waals surface area contributed by atoms with Crippen molar-refractivity contribution in [1.82, 2.24) is 0 Å². The van der Waals surface area contributed by atoms with Gasteiger partial charge < -0.3 is 9.84 Å². The third-order valence-electron chi connectivity index (χ3n) is 2.74. The molecule has 1 N–H and O–H groups in total. The maximum absolute atomic E-state index is 11.8. The maximum atomic E-state index is 11.8. The number of carbonyl (C=O) groups excluding carboxylic acids is 2. The first kappa shape index (κ1) is 14.3. The van der Waals surface area contributed by atoms with Crippen LogP contribution in [-0.4, -0.2) is 36.7 Å². The first-order valence-electron chi connectivity index (χ1n) is 6.27. The zero-order chi connectivity index (χ0) is 14.5. The molecule has 0 atom stereocenters. The van der Waals surface area contributed by atoms with E-state index in [2.05, 4.69) is 11.8 Å². The summed E-state index contributed by atoms with van der Waals surface area (Å²) in [5, 5.41) is 8.71. The number of hydrogen-bond acceptors (Lipinski definition) is 4. The molecular weight excluding hydrogens is 258 g/mol. The molecule has 104 valence electrons. The minimum atomic E-state index is -0.374. The number of anilines is 1. The molecule has 0 aromatic heterocycles. The molecule has 20 heavy (non-hydrogen) atoms. The van der Waals surface area contributed by atoms with Crippen LogP contribution in [0.4, 0.5) is 5.69 Å². The molecule has 1 aromatic rings. The second kappa shape index (κ2) is 6.33. The summed E-state index contributed by atoms with van der Waals surface area (Å²) in [6.45, 7) is 1.69. The van der Waals surface area contributed by atoms with E-state index in [9.17, 15) is 9.59 Å². The van der Waals surface area contributed by atoms with Crippen molar-refractivity contribution in [1.29, 1.82) is 0 Å². The van der Waals surface area contributed by atoms with E-state index in [1.165, 1.54) is 0 Å². The van der Waals surface area contributed by atoms with Crippen LogP contribution >= 0.6 is 0 Å². The normalized spacial score (nSPS) is 15.0. The predicted octanol–water partition coefficient (Wildman–Crippen LogP) is 0.619. The smallest absolute Gasteiger partial charge is 0.259 e. The van der Waals surface area contributed by atoms with Crippen molar-refractivity contribution < 1.29 is 19.4 Å². The van der Waals surface area contributed by atoms with Gasteiger partial charge in [0.25, 0.3) is 11.8 Å². The van der Waals surface area contributed by atoms with E-state index in [0.717, 1.165) is 10.5 Å². The minimum Gasteiger partial charge on any atom is -0.395 e. The fraction of sp³-hybridized carbons (Fsp3) is 0.333. The van der Waals surface area contributed by atoms with Crippen LogP contribution < -0.4 is 4.90 Å². The molecule has 2 rings (SSSR count). The topological polar surface area (TPSA) is 66.8 Å². The fourth-order valence-corrected chi connectivity index (χ4v) is 1.97. The molecule has 2 amide bonds. The first-order chi connectivity index (χ1) is 9.61. The average Bonchev–Trinajstić information content (AvgIpc) is 2.38. The number of carbonyl (C=O) groups is 2. The molecule has 0 saturated carbocycles. The highest BCUT2D eigenvalue weighted by atomic mass is 16.5. The Morgan fingerprint density at radius 1 is 1.25 bits per heavy atom. The number of aliphatic hydroxyl groups excluding tert-OH is 1. The molecule has 0 spiro atoms.